The van der Waals surface area contributed by atoms with Crippen LogP contribution in [0.25, 0.3) is 0 Å². The Labute approximate surface area is 136 Å². The van der Waals surface area contributed by atoms with Gasteiger partial charge in [-0.05, 0) is 25.3 Å². The van der Waals surface area contributed by atoms with E-state index in [9.17, 15) is 4.79 Å². The van der Waals surface area contributed by atoms with E-state index in [2.05, 4.69) is 17.2 Å². The first-order valence-corrected chi connectivity index (χ1v) is 8.45. The van der Waals surface area contributed by atoms with Gasteiger partial charge in [-0.1, -0.05) is 43.2 Å². The van der Waals surface area contributed by atoms with Crippen molar-refractivity contribution in [3.05, 3.63) is 35.9 Å². The lowest BCUT2D eigenvalue weighted by atomic mass is 9.92. The van der Waals surface area contributed by atoms with Crippen molar-refractivity contribution in [2.75, 3.05) is 13.2 Å². The van der Waals surface area contributed by atoms with Crippen molar-refractivity contribution < 1.29 is 14.3 Å². The number of esters is 1. The summed E-state index contributed by atoms with van der Waals surface area (Å²) in [6, 6.07) is 10.6. The Hall–Kier alpha value is -1.88. The molecule has 122 valence electrons. The molecule has 23 heavy (non-hydrogen) atoms. The van der Waals surface area contributed by atoms with Crippen LogP contribution in [0, 0.1) is 0 Å². The van der Waals surface area contributed by atoms with Gasteiger partial charge >= 0.3 is 5.97 Å². The highest BCUT2D eigenvalue weighted by molar-refractivity contribution is 6.04. The Morgan fingerprint density at radius 2 is 2.13 bits per heavy atom. The zero-order chi connectivity index (χ0) is 15.9. The number of hydrogen-bond acceptors (Lipinski definition) is 5. The molecule has 1 saturated carbocycles. The fourth-order valence-electron chi connectivity index (χ4n) is 3.73. The first-order chi connectivity index (χ1) is 11.2. The van der Waals surface area contributed by atoms with Gasteiger partial charge in [0.25, 0.3) is 0 Å². The molecule has 0 radical (unpaired) electrons. The number of nitrogens with zero attached hydrogens (tertiary/aromatic N) is 2. The number of ether oxygens (including phenoxy) is 2. The zero-order valence-electron chi connectivity index (χ0n) is 13.4. The van der Waals surface area contributed by atoms with Crippen molar-refractivity contribution in [3.8, 4) is 0 Å². The maximum Gasteiger partial charge on any atom is 0.347 e. The normalized spacial score (nSPS) is 30.8. The smallest absolute Gasteiger partial charge is 0.347 e. The van der Waals surface area contributed by atoms with E-state index in [-0.39, 0.29) is 11.6 Å². The molecule has 1 aromatic rings. The van der Waals surface area contributed by atoms with Crippen LogP contribution in [-0.4, -0.2) is 41.5 Å². The van der Waals surface area contributed by atoms with E-state index < -0.39 is 5.60 Å². The molecule has 2 saturated heterocycles. The minimum absolute atomic E-state index is 0.288. The second-order valence-electron chi connectivity index (χ2n) is 6.55. The highest BCUT2D eigenvalue weighted by Crippen LogP contribution is 2.57. The molecule has 5 nitrogen and oxygen atoms in total. The Morgan fingerprint density at radius 1 is 1.39 bits per heavy atom. The average molecular weight is 314 g/mol. The maximum absolute atomic E-state index is 12.4. The van der Waals surface area contributed by atoms with Crippen molar-refractivity contribution in [1.29, 1.82) is 0 Å². The van der Waals surface area contributed by atoms with E-state index in [0.717, 1.165) is 32.2 Å². The van der Waals surface area contributed by atoms with Crippen molar-refractivity contribution >= 4 is 12.2 Å². The first-order valence-electron chi connectivity index (χ1n) is 8.45. The van der Waals surface area contributed by atoms with Gasteiger partial charge < -0.3 is 9.47 Å². The summed E-state index contributed by atoms with van der Waals surface area (Å²) < 4.78 is 11.2. The predicted molar refractivity (Wildman–Crippen MR) is 86.0 cm³/mol. The second kappa shape index (κ2) is 5.34. The van der Waals surface area contributed by atoms with Crippen LogP contribution in [0.5, 0.6) is 0 Å². The summed E-state index contributed by atoms with van der Waals surface area (Å²) in [7, 11) is 0. The van der Waals surface area contributed by atoms with Gasteiger partial charge in [0.05, 0.1) is 25.4 Å². The summed E-state index contributed by atoms with van der Waals surface area (Å²) in [5, 5.41) is 6.52. The summed E-state index contributed by atoms with van der Waals surface area (Å²) in [6.45, 7) is 3.07. The zero-order valence-corrected chi connectivity index (χ0v) is 13.4. The van der Waals surface area contributed by atoms with Crippen LogP contribution >= 0.6 is 0 Å². The summed E-state index contributed by atoms with van der Waals surface area (Å²) in [5.74, 6) is -0.288. The van der Waals surface area contributed by atoms with Crippen LogP contribution in [0.2, 0.25) is 0 Å². The molecule has 2 unspecified atom stereocenters. The van der Waals surface area contributed by atoms with Crippen LogP contribution in [-0.2, 0) is 14.3 Å². The molecule has 3 aliphatic rings. The number of carbonyl (C=O) groups is 1. The van der Waals surface area contributed by atoms with E-state index >= 15 is 0 Å². The van der Waals surface area contributed by atoms with E-state index in [0.29, 0.717) is 12.6 Å². The van der Waals surface area contributed by atoms with Crippen molar-refractivity contribution in [2.45, 2.75) is 49.9 Å². The largest absolute Gasteiger partial charge is 0.463 e. The fourth-order valence-corrected chi connectivity index (χ4v) is 3.73. The van der Waals surface area contributed by atoms with Gasteiger partial charge in [0.2, 0.25) is 5.60 Å². The quantitative estimate of drug-likeness (QED) is 0.476. The van der Waals surface area contributed by atoms with Gasteiger partial charge in [-0.3, -0.25) is 5.01 Å². The molecule has 3 fully saturated rings. The molecule has 2 aliphatic heterocycles. The van der Waals surface area contributed by atoms with Gasteiger partial charge in [0, 0.05) is 0 Å². The molecule has 0 amide bonds. The van der Waals surface area contributed by atoms with E-state index in [1.54, 1.807) is 6.21 Å². The fraction of sp³-hybridized carbons (Fsp3) is 0.556. The highest BCUT2D eigenvalue weighted by Gasteiger charge is 2.75. The van der Waals surface area contributed by atoms with Crippen LogP contribution in [0.4, 0.5) is 0 Å². The number of benzene rings is 1. The molecule has 5 heteroatoms. The van der Waals surface area contributed by atoms with Crippen molar-refractivity contribution in [2.24, 2.45) is 5.10 Å². The monoisotopic (exact) mass is 314 g/mol. The van der Waals surface area contributed by atoms with Crippen LogP contribution in [0.3, 0.4) is 0 Å². The third-order valence-corrected chi connectivity index (χ3v) is 5.14. The van der Waals surface area contributed by atoms with Crippen LogP contribution in [0.15, 0.2) is 35.4 Å². The topological polar surface area (TPSA) is 54.2 Å². The predicted octanol–water partition coefficient (Wildman–Crippen LogP) is 2.67. The molecule has 0 aromatic heterocycles. The molecule has 0 N–H and O–H groups in total. The third-order valence-electron chi connectivity index (χ3n) is 5.14. The molecule has 1 spiro atoms. The summed E-state index contributed by atoms with van der Waals surface area (Å²) in [4.78, 5) is 12.4. The van der Waals surface area contributed by atoms with E-state index in [1.807, 2.05) is 30.1 Å². The van der Waals surface area contributed by atoms with E-state index in [4.69, 9.17) is 9.47 Å². The molecular formula is C18H22N2O3. The number of hydrogen-bond donors (Lipinski definition) is 0. The van der Waals surface area contributed by atoms with Gasteiger partial charge in [-0.2, -0.15) is 5.10 Å². The van der Waals surface area contributed by atoms with Gasteiger partial charge in [-0.15, -0.1) is 0 Å². The number of carbonyl (C=O) groups excluding carboxylic acids is 1. The lowest BCUT2D eigenvalue weighted by Crippen LogP contribution is -2.36. The molecule has 2 heterocycles. The Kier molecular flexibility index (Phi) is 3.41. The molecule has 1 aromatic carbocycles. The standard InChI is InChI=1S/C18H22N2O3/c1-2-22-16(21)18(17(23-18)10-6-7-11-17)13-19-20-12-15(20)14-8-4-3-5-9-14/h3-5,8-9,13,15H,2,6-7,10-12H2,1H3/b19-13+. The molecular weight excluding hydrogens is 292 g/mol. The van der Waals surface area contributed by atoms with Crippen LogP contribution in [0.1, 0.15) is 44.2 Å². The lowest BCUT2D eigenvalue weighted by Gasteiger charge is -2.11. The third kappa shape index (κ3) is 2.34. The van der Waals surface area contributed by atoms with Gasteiger partial charge in [0.1, 0.15) is 5.60 Å². The second-order valence-corrected chi connectivity index (χ2v) is 6.55. The summed E-state index contributed by atoms with van der Waals surface area (Å²) in [6.07, 6.45) is 5.73. The average Bonchev–Trinajstić information content (AvgIpc) is 3.41. The van der Waals surface area contributed by atoms with Crippen molar-refractivity contribution in [1.82, 2.24) is 5.01 Å². The van der Waals surface area contributed by atoms with Gasteiger partial charge in [0.15, 0.2) is 0 Å². The van der Waals surface area contributed by atoms with Crippen molar-refractivity contribution in [3.63, 3.8) is 0 Å². The first kappa shape index (κ1) is 14.7. The Bertz CT molecular complexity index is 624. The molecule has 2 atom stereocenters. The maximum atomic E-state index is 12.4. The number of epoxide rings is 1. The van der Waals surface area contributed by atoms with Gasteiger partial charge in [-0.25, -0.2) is 4.79 Å². The number of hydrazone groups is 1. The minimum Gasteiger partial charge on any atom is -0.463 e. The van der Waals surface area contributed by atoms with Crippen LogP contribution < -0.4 is 0 Å². The Balaban J connectivity index is 1.48. The minimum atomic E-state index is -0.955. The lowest BCUT2D eigenvalue weighted by molar-refractivity contribution is -0.146. The summed E-state index contributed by atoms with van der Waals surface area (Å²) >= 11 is 0. The SMILES string of the molecule is CCOC(=O)C1(/C=N/N2CC2c2ccccc2)OC12CCCC2. The molecule has 1 aliphatic carbocycles. The van der Waals surface area contributed by atoms with E-state index in [1.165, 1.54) is 5.56 Å². The molecule has 0 bridgehead atoms. The number of rotatable bonds is 5. The summed E-state index contributed by atoms with van der Waals surface area (Å²) in [5.41, 5.74) is -0.0632. The Morgan fingerprint density at radius 3 is 2.83 bits per heavy atom. The molecule has 4 rings (SSSR count). The highest BCUT2D eigenvalue weighted by atomic mass is 16.7.